The summed E-state index contributed by atoms with van der Waals surface area (Å²) in [5, 5.41) is 3.16. The summed E-state index contributed by atoms with van der Waals surface area (Å²) in [5.74, 6) is -1.31. The lowest BCUT2D eigenvalue weighted by Gasteiger charge is -2.20. The number of thiophene rings is 1. The van der Waals surface area contributed by atoms with Crippen LogP contribution in [0.4, 0.5) is 5.00 Å². The number of carbonyl (C=O) groups excluding carboxylic acids is 3. The maximum atomic E-state index is 12.4. The molecule has 126 valence electrons. The fourth-order valence-electron chi connectivity index (χ4n) is 2.86. The van der Waals surface area contributed by atoms with Gasteiger partial charge in [-0.1, -0.05) is 19.3 Å². The second-order valence-corrected chi connectivity index (χ2v) is 6.69. The van der Waals surface area contributed by atoms with Crippen molar-refractivity contribution in [1.29, 1.82) is 0 Å². The molecular weight excluding hydrogens is 316 g/mol. The maximum absolute atomic E-state index is 12.4. The van der Waals surface area contributed by atoms with Crippen LogP contribution in [0.3, 0.4) is 0 Å². The summed E-state index contributed by atoms with van der Waals surface area (Å²) in [7, 11) is 0. The Morgan fingerprint density at radius 1 is 1.26 bits per heavy atom. The van der Waals surface area contributed by atoms with Crippen molar-refractivity contribution in [3.05, 3.63) is 16.0 Å². The molecule has 0 bridgehead atoms. The van der Waals surface area contributed by atoms with Crippen LogP contribution in [0.25, 0.3) is 0 Å². The Morgan fingerprint density at radius 2 is 1.91 bits per heavy atom. The molecule has 1 aliphatic rings. The molecule has 3 N–H and O–H groups in total. The van der Waals surface area contributed by atoms with E-state index in [9.17, 15) is 14.4 Å². The molecule has 0 radical (unpaired) electrons. The minimum atomic E-state index is -0.615. The van der Waals surface area contributed by atoms with Gasteiger partial charge in [0.2, 0.25) is 5.91 Å². The fraction of sp³-hybridized carbons (Fsp3) is 0.562. The second-order valence-electron chi connectivity index (χ2n) is 5.67. The summed E-state index contributed by atoms with van der Waals surface area (Å²) in [5.41, 5.74) is 6.04. The minimum absolute atomic E-state index is 0.0433. The monoisotopic (exact) mass is 338 g/mol. The summed E-state index contributed by atoms with van der Waals surface area (Å²) < 4.78 is 5.03. The summed E-state index contributed by atoms with van der Waals surface area (Å²) in [4.78, 5) is 36.4. The van der Waals surface area contributed by atoms with E-state index < -0.39 is 11.9 Å². The van der Waals surface area contributed by atoms with E-state index in [4.69, 9.17) is 10.5 Å². The highest BCUT2D eigenvalue weighted by Crippen LogP contribution is 2.34. The first-order valence-corrected chi connectivity index (χ1v) is 8.68. The standard InChI is InChI=1S/C16H22N2O4S/c1-3-22-16(21)11-9(2)12(13(17)19)23-15(11)18-14(20)10-7-5-4-6-8-10/h10H,3-8H2,1-2H3,(H2,17,19)(H,18,20). The van der Waals surface area contributed by atoms with Crippen LogP contribution in [0.2, 0.25) is 0 Å². The number of rotatable bonds is 5. The average Bonchev–Trinajstić information content (AvgIpc) is 2.85. The third-order valence-corrected chi connectivity index (χ3v) is 5.28. The van der Waals surface area contributed by atoms with Gasteiger partial charge in [-0.05, 0) is 32.3 Å². The molecule has 2 amide bonds. The van der Waals surface area contributed by atoms with E-state index in [1.165, 1.54) is 0 Å². The summed E-state index contributed by atoms with van der Waals surface area (Å²) in [6.45, 7) is 3.56. The molecule has 0 saturated heterocycles. The van der Waals surface area contributed by atoms with Gasteiger partial charge >= 0.3 is 5.97 Å². The number of ether oxygens (including phenoxy) is 1. The third-order valence-electron chi connectivity index (χ3n) is 4.06. The zero-order valence-electron chi connectivity index (χ0n) is 13.4. The molecular formula is C16H22N2O4S. The van der Waals surface area contributed by atoms with Gasteiger partial charge in [-0.2, -0.15) is 0 Å². The summed E-state index contributed by atoms with van der Waals surface area (Å²) in [6, 6.07) is 0. The molecule has 1 heterocycles. The summed E-state index contributed by atoms with van der Waals surface area (Å²) >= 11 is 1.03. The highest BCUT2D eigenvalue weighted by Gasteiger charge is 2.28. The van der Waals surface area contributed by atoms with Crippen LogP contribution in [0.15, 0.2) is 0 Å². The SMILES string of the molecule is CCOC(=O)c1c(NC(=O)C2CCCCC2)sc(C(N)=O)c1C. The maximum Gasteiger partial charge on any atom is 0.341 e. The van der Waals surface area contributed by atoms with Gasteiger partial charge < -0.3 is 15.8 Å². The van der Waals surface area contributed by atoms with Gasteiger partial charge in [0.25, 0.3) is 5.91 Å². The van der Waals surface area contributed by atoms with E-state index in [0.717, 1.165) is 43.4 Å². The van der Waals surface area contributed by atoms with Crippen molar-refractivity contribution in [2.45, 2.75) is 46.0 Å². The quantitative estimate of drug-likeness (QED) is 0.806. The topological polar surface area (TPSA) is 98.5 Å². The Kier molecular flexibility index (Phi) is 5.76. The van der Waals surface area contributed by atoms with Crippen LogP contribution in [-0.2, 0) is 9.53 Å². The molecule has 0 spiro atoms. The van der Waals surface area contributed by atoms with Crippen LogP contribution >= 0.6 is 11.3 Å². The molecule has 0 aromatic carbocycles. The first-order chi connectivity index (χ1) is 11.0. The van der Waals surface area contributed by atoms with E-state index in [2.05, 4.69) is 5.32 Å². The lowest BCUT2D eigenvalue weighted by atomic mass is 9.89. The van der Waals surface area contributed by atoms with Gasteiger partial charge in [0.15, 0.2) is 0 Å². The van der Waals surface area contributed by atoms with Crippen LogP contribution in [0.1, 0.15) is 64.6 Å². The van der Waals surface area contributed by atoms with E-state index in [1.807, 2.05) is 0 Å². The van der Waals surface area contributed by atoms with Crippen molar-refractivity contribution in [1.82, 2.24) is 0 Å². The zero-order chi connectivity index (χ0) is 17.0. The van der Waals surface area contributed by atoms with Gasteiger partial charge in [-0.25, -0.2) is 4.79 Å². The number of carbonyl (C=O) groups is 3. The molecule has 1 aliphatic carbocycles. The van der Waals surface area contributed by atoms with Crippen LogP contribution in [0.5, 0.6) is 0 Å². The average molecular weight is 338 g/mol. The number of hydrogen-bond donors (Lipinski definition) is 2. The van der Waals surface area contributed by atoms with Gasteiger partial charge in [0.1, 0.15) is 5.00 Å². The highest BCUT2D eigenvalue weighted by atomic mass is 32.1. The molecule has 2 rings (SSSR count). The molecule has 6 nitrogen and oxygen atoms in total. The Morgan fingerprint density at radius 3 is 2.48 bits per heavy atom. The lowest BCUT2D eigenvalue weighted by molar-refractivity contribution is -0.120. The number of anilines is 1. The Labute approximate surface area is 139 Å². The Hall–Kier alpha value is -1.89. The molecule has 23 heavy (non-hydrogen) atoms. The largest absolute Gasteiger partial charge is 0.462 e. The van der Waals surface area contributed by atoms with Gasteiger partial charge in [-0.15, -0.1) is 11.3 Å². The number of nitrogens with two attached hydrogens (primary N) is 1. The highest BCUT2D eigenvalue weighted by molar-refractivity contribution is 7.18. The lowest BCUT2D eigenvalue weighted by Crippen LogP contribution is -2.25. The van der Waals surface area contributed by atoms with Crippen molar-refractivity contribution in [3.8, 4) is 0 Å². The predicted molar refractivity (Wildman–Crippen MR) is 88.7 cm³/mol. The predicted octanol–water partition coefficient (Wildman–Crippen LogP) is 2.85. The molecule has 1 fully saturated rings. The first-order valence-electron chi connectivity index (χ1n) is 7.86. The number of hydrogen-bond acceptors (Lipinski definition) is 5. The van der Waals surface area contributed by atoms with Crippen LogP contribution < -0.4 is 11.1 Å². The number of amides is 2. The van der Waals surface area contributed by atoms with Crippen molar-refractivity contribution in [2.75, 3.05) is 11.9 Å². The van der Waals surface area contributed by atoms with E-state index >= 15 is 0 Å². The molecule has 0 atom stereocenters. The Bertz CT molecular complexity index is 618. The molecule has 0 unspecified atom stereocenters. The van der Waals surface area contributed by atoms with E-state index in [1.54, 1.807) is 13.8 Å². The molecule has 7 heteroatoms. The van der Waals surface area contributed by atoms with Gasteiger partial charge in [0, 0.05) is 5.92 Å². The number of esters is 1. The number of nitrogens with one attached hydrogen (secondary N) is 1. The molecule has 1 saturated carbocycles. The van der Waals surface area contributed by atoms with Crippen molar-refractivity contribution >= 4 is 34.1 Å². The summed E-state index contributed by atoms with van der Waals surface area (Å²) in [6.07, 6.45) is 4.95. The van der Waals surface area contributed by atoms with Crippen molar-refractivity contribution < 1.29 is 19.1 Å². The fourth-order valence-corrected chi connectivity index (χ4v) is 3.91. The number of primary amides is 1. The van der Waals surface area contributed by atoms with Crippen LogP contribution in [0, 0.1) is 12.8 Å². The minimum Gasteiger partial charge on any atom is -0.462 e. The smallest absolute Gasteiger partial charge is 0.341 e. The van der Waals surface area contributed by atoms with Crippen molar-refractivity contribution in [3.63, 3.8) is 0 Å². The van der Waals surface area contributed by atoms with Crippen LogP contribution in [-0.4, -0.2) is 24.4 Å². The molecule has 1 aromatic rings. The van der Waals surface area contributed by atoms with Gasteiger partial charge in [0.05, 0.1) is 17.0 Å². The van der Waals surface area contributed by atoms with Crippen molar-refractivity contribution in [2.24, 2.45) is 11.7 Å². The first kappa shape index (κ1) is 17.5. The molecule has 0 aliphatic heterocycles. The van der Waals surface area contributed by atoms with E-state index in [-0.39, 0.29) is 28.9 Å². The van der Waals surface area contributed by atoms with Gasteiger partial charge in [-0.3, -0.25) is 9.59 Å². The Balaban J connectivity index is 2.28. The van der Waals surface area contributed by atoms with E-state index in [0.29, 0.717) is 10.6 Å². The second kappa shape index (κ2) is 7.59. The third kappa shape index (κ3) is 3.90. The zero-order valence-corrected chi connectivity index (χ0v) is 14.3. The normalized spacial score (nSPS) is 15.2. The molecule has 1 aromatic heterocycles.